The molecule has 0 aromatic carbocycles. The van der Waals surface area contributed by atoms with Gasteiger partial charge in [-0.3, -0.25) is 0 Å². The predicted octanol–water partition coefficient (Wildman–Crippen LogP) is 1.73. The summed E-state index contributed by atoms with van der Waals surface area (Å²) in [7, 11) is 0. The van der Waals surface area contributed by atoms with Gasteiger partial charge in [0.05, 0.1) is 11.3 Å². The van der Waals surface area contributed by atoms with E-state index in [-0.39, 0.29) is 17.3 Å². The highest BCUT2D eigenvalue weighted by molar-refractivity contribution is 5.86. The van der Waals surface area contributed by atoms with E-state index in [1.54, 1.807) is 6.07 Å². The van der Waals surface area contributed by atoms with Gasteiger partial charge in [-0.05, 0) is 38.8 Å². The van der Waals surface area contributed by atoms with Crippen molar-refractivity contribution in [1.82, 2.24) is 4.98 Å². The maximum absolute atomic E-state index is 10.9. The molecule has 1 aromatic heterocycles. The van der Waals surface area contributed by atoms with E-state index in [4.69, 9.17) is 15.6 Å². The first-order valence-corrected chi connectivity index (χ1v) is 6.28. The SMILES string of the molecule is CC1(C)CC(Nc2nc(C(=O)O)ccc2N)CCO1. The number of rotatable bonds is 3. The fourth-order valence-corrected chi connectivity index (χ4v) is 2.25. The van der Waals surface area contributed by atoms with Gasteiger partial charge >= 0.3 is 5.97 Å². The molecule has 0 radical (unpaired) electrons. The summed E-state index contributed by atoms with van der Waals surface area (Å²) in [6, 6.07) is 3.14. The van der Waals surface area contributed by atoms with Crippen molar-refractivity contribution in [2.24, 2.45) is 0 Å². The van der Waals surface area contributed by atoms with Gasteiger partial charge in [-0.15, -0.1) is 0 Å². The summed E-state index contributed by atoms with van der Waals surface area (Å²) in [5, 5.41) is 12.2. The lowest BCUT2D eigenvalue weighted by molar-refractivity contribution is -0.0553. The Hall–Kier alpha value is -1.82. The monoisotopic (exact) mass is 265 g/mol. The number of carboxylic acids is 1. The van der Waals surface area contributed by atoms with Gasteiger partial charge in [0.15, 0.2) is 5.69 Å². The number of aromatic nitrogens is 1. The molecule has 1 fully saturated rings. The molecule has 19 heavy (non-hydrogen) atoms. The predicted molar refractivity (Wildman–Crippen MR) is 72.3 cm³/mol. The van der Waals surface area contributed by atoms with Crippen molar-refractivity contribution in [2.45, 2.75) is 38.3 Å². The number of hydrogen-bond acceptors (Lipinski definition) is 5. The highest BCUT2D eigenvalue weighted by Gasteiger charge is 2.29. The van der Waals surface area contributed by atoms with Crippen molar-refractivity contribution in [1.29, 1.82) is 0 Å². The third kappa shape index (κ3) is 3.35. The number of hydrogen-bond donors (Lipinski definition) is 3. The van der Waals surface area contributed by atoms with Gasteiger partial charge in [0.1, 0.15) is 5.82 Å². The standard InChI is InChI=1S/C13H19N3O3/c1-13(2)7-8(5-6-19-13)15-11-9(14)3-4-10(16-11)12(17)18/h3-4,8H,5-7,14H2,1-2H3,(H,15,16)(H,17,18). The second-order valence-corrected chi connectivity index (χ2v) is 5.38. The summed E-state index contributed by atoms with van der Waals surface area (Å²) in [5.41, 5.74) is 6.08. The van der Waals surface area contributed by atoms with Crippen molar-refractivity contribution in [3.05, 3.63) is 17.8 Å². The third-order valence-electron chi connectivity index (χ3n) is 3.18. The molecule has 1 atom stereocenters. The number of anilines is 2. The molecule has 0 bridgehead atoms. The molecule has 0 saturated carbocycles. The largest absolute Gasteiger partial charge is 0.477 e. The number of pyridine rings is 1. The summed E-state index contributed by atoms with van der Waals surface area (Å²) < 4.78 is 5.64. The molecule has 1 unspecified atom stereocenters. The topological polar surface area (TPSA) is 97.5 Å². The van der Waals surface area contributed by atoms with Gasteiger partial charge in [-0.1, -0.05) is 0 Å². The van der Waals surface area contributed by atoms with Crippen LogP contribution in [0.5, 0.6) is 0 Å². The van der Waals surface area contributed by atoms with Crippen LogP contribution in [-0.4, -0.2) is 34.3 Å². The van der Waals surface area contributed by atoms with Crippen molar-refractivity contribution in [3.8, 4) is 0 Å². The first-order chi connectivity index (χ1) is 8.87. The number of ether oxygens (including phenoxy) is 1. The molecule has 2 rings (SSSR count). The van der Waals surface area contributed by atoms with Crippen molar-refractivity contribution in [2.75, 3.05) is 17.7 Å². The van der Waals surface area contributed by atoms with Crippen LogP contribution in [0.1, 0.15) is 37.2 Å². The fourth-order valence-electron chi connectivity index (χ4n) is 2.25. The Kier molecular flexibility index (Phi) is 3.61. The average Bonchev–Trinajstić information content (AvgIpc) is 2.30. The summed E-state index contributed by atoms with van der Waals surface area (Å²) in [6.07, 6.45) is 1.67. The van der Waals surface area contributed by atoms with Crippen LogP contribution in [-0.2, 0) is 4.74 Å². The van der Waals surface area contributed by atoms with Crippen molar-refractivity contribution in [3.63, 3.8) is 0 Å². The van der Waals surface area contributed by atoms with E-state index < -0.39 is 5.97 Å². The summed E-state index contributed by atoms with van der Waals surface area (Å²) >= 11 is 0. The highest BCUT2D eigenvalue weighted by Crippen LogP contribution is 2.27. The molecule has 0 spiro atoms. The molecule has 104 valence electrons. The van der Waals surface area contributed by atoms with Crippen LogP contribution in [0.25, 0.3) is 0 Å². The van der Waals surface area contributed by atoms with Crippen LogP contribution in [0.15, 0.2) is 12.1 Å². The zero-order chi connectivity index (χ0) is 14.0. The molecular weight excluding hydrogens is 246 g/mol. The van der Waals surface area contributed by atoms with Gasteiger partial charge in [0.25, 0.3) is 0 Å². The molecule has 1 saturated heterocycles. The van der Waals surface area contributed by atoms with Crippen LogP contribution >= 0.6 is 0 Å². The Bertz CT molecular complexity index is 488. The number of aromatic carboxylic acids is 1. The van der Waals surface area contributed by atoms with E-state index in [1.165, 1.54) is 6.07 Å². The molecule has 2 heterocycles. The van der Waals surface area contributed by atoms with Gasteiger partial charge in [0.2, 0.25) is 0 Å². The molecule has 1 aliphatic heterocycles. The van der Waals surface area contributed by atoms with Gasteiger partial charge in [-0.25, -0.2) is 9.78 Å². The van der Waals surface area contributed by atoms with Gasteiger partial charge < -0.3 is 20.9 Å². The number of carbonyl (C=O) groups is 1. The summed E-state index contributed by atoms with van der Waals surface area (Å²) in [5.74, 6) is -0.627. The Labute approximate surface area is 112 Å². The molecule has 1 aliphatic rings. The molecule has 0 amide bonds. The van der Waals surface area contributed by atoms with E-state index in [2.05, 4.69) is 10.3 Å². The average molecular weight is 265 g/mol. The minimum absolute atomic E-state index is 0.0111. The number of nitrogens with two attached hydrogens (primary N) is 1. The summed E-state index contributed by atoms with van der Waals surface area (Å²) in [6.45, 7) is 4.74. The Balaban J connectivity index is 2.14. The van der Waals surface area contributed by atoms with Crippen molar-refractivity contribution >= 4 is 17.5 Å². The minimum Gasteiger partial charge on any atom is -0.477 e. The fraction of sp³-hybridized carbons (Fsp3) is 0.538. The quantitative estimate of drug-likeness (QED) is 0.770. The zero-order valence-electron chi connectivity index (χ0n) is 11.1. The molecule has 6 heteroatoms. The number of nitrogen functional groups attached to an aromatic ring is 1. The van der Waals surface area contributed by atoms with E-state index in [9.17, 15) is 4.79 Å². The second kappa shape index (κ2) is 5.05. The Morgan fingerprint density at radius 2 is 2.32 bits per heavy atom. The van der Waals surface area contributed by atoms with Gasteiger partial charge in [0, 0.05) is 12.6 Å². The zero-order valence-corrected chi connectivity index (χ0v) is 11.1. The maximum atomic E-state index is 10.9. The lowest BCUT2D eigenvalue weighted by Crippen LogP contribution is -2.40. The molecule has 0 aliphatic carbocycles. The molecule has 6 nitrogen and oxygen atoms in total. The first kappa shape index (κ1) is 13.6. The number of nitrogens with zero attached hydrogens (tertiary/aromatic N) is 1. The van der Waals surface area contributed by atoms with E-state index in [0.717, 1.165) is 12.8 Å². The lowest BCUT2D eigenvalue weighted by atomic mass is 9.94. The normalized spacial score (nSPS) is 21.9. The van der Waals surface area contributed by atoms with Crippen LogP contribution in [0.4, 0.5) is 11.5 Å². The molecule has 1 aromatic rings. The summed E-state index contributed by atoms with van der Waals surface area (Å²) in [4.78, 5) is 14.9. The first-order valence-electron chi connectivity index (χ1n) is 6.28. The van der Waals surface area contributed by atoms with Crippen molar-refractivity contribution < 1.29 is 14.6 Å². The van der Waals surface area contributed by atoms with E-state index >= 15 is 0 Å². The number of carboxylic acid groups (broad SMARTS) is 1. The second-order valence-electron chi connectivity index (χ2n) is 5.38. The van der Waals surface area contributed by atoms with Crippen LogP contribution < -0.4 is 11.1 Å². The lowest BCUT2D eigenvalue weighted by Gasteiger charge is -2.36. The highest BCUT2D eigenvalue weighted by atomic mass is 16.5. The van der Waals surface area contributed by atoms with Crippen LogP contribution in [0, 0.1) is 0 Å². The Morgan fingerprint density at radius 1 is 1.58 bits per heavy atom. The molecule has 4 N–H and O–H groups in total. The maximum Gasteiger partial charge on any atom is 0.354 e. The van der Waals surface area contributed by atoms with Gasteiger partial charge in [-0.2, -0.15) is 0 Å². The minimum atomic E-state index is -1.06. The van der Waals surface area contributed by atoms with Crippen LogP contribution in [0.3, 0.4) is 0 Å². The van der Waals surface area contributed by atoms with Crippen LogP contribution in [0.2, 0.25) is 0 Å². The van der Waals surface area contributed by atoms with E-state index in [1.807, 2.05) is 13.8 Å². The third-order valence-corrected chi connectivity index (χ3v) is 3.18. The Morgan fingerprint density at radius 3 is 2.95 bits per heavy atom. The smallest absolute Gasteiger partial charge is 0.354 e. The van der Waals surface area contributed by atoms with E-state index in [0.29, 0.717) is 18.1 Å². The molecular formula is C13H19N3O3. The number of nitrogens with one attached hydrogen (secondary N) is 1.